The fourth-order valence-corrected chi connectivity index (χ4v) is 2.91. The Balaban J connectivity index is 2.70. The Bertz CT molecular complexity index is 833. The number of benzene rings is 1. The molecule has 1 atom stereocenters. The standard InChI is InChI=1S/C18H23N3O7/c1-6-11-14(17(22)27-5)15(20-18(23)19-11)10-7-12(21(24)25)16(28-9(2)3)13(8-10)26-4/h7-9,15H,6H2,1-5H3,(H2,19,20,23). The van der Waals surface area contributed by atoms with Crippen LogP contribution < -0.4 is 20.1 Å². The molecule has 1 aliphatic heterocycles. The second kappa shape index (κ2) is 8.59. The van der Waals surface area contributed by atoms with Gasteiger partial charge in [0.1, 0.15) is 0 Å². The first kappa shape index (κ1) is 21.0. The molecule has 0 saturated heterocycles. The van der Waals surface area contributed by atoms with Gasteiger partial charge in [-0.2, -0.15) is 0 Å². The zero-order valence-corrected chi connectivity index (χ0v) is 16.3. The summed E-state index contributed by atoms with van der Waals surface area (Å²) in [5, 5.41) is 16.8. The van der Waals surface area contributed by atoms with Crippen LogP contribution in [0.15, 0.2) is 23.4 Å². The largest absolute Gasteiger partial charge is 0.493 e. The molecular formula is C18H23N3O7. The number of methoxy groups -OCH3 is 2. The summed E-state index contributed by atoms with van der Waals surface area (Å²) < 4.78 is 15.7. The Morgan fingerprint density at radius 1 is 1.32 bits per heavy atom. The van der Waals surface area contributed by atoms with Crippen LogP contribution in [0, 0.1) is 10.1 Å². The molecule has 0 aromatic heterocycles. The fraction of sp³-hybridized carbons (Fsp3) is 0.444. The summed E-state index contributed by atoms with van der Waals surface area (Å²) in [4.78, 5) is 35.4. The van der Waals surface area contributed by atoms with Crippen LogP contribution in [0.4, 0.5) is 10.5 Å². The highest BCUT2D eigenvalue weighted by Gasteiger charge is 2.35. The number of carbonyl (C=O) groups is 2. The zero-order chi connectivity index (χ0) is 21.0. The lowest BCUT2D eigenvalue weighted by atomic mass is 9.93. The van der Waals surface area contributed by atoms with E-state index >= 15 is 0 Å². The summed E-state index contributed by atoms with van der Waals surface area (Å²) in [6, 6.07) is 1.28. The van der Waals surface area contributed by atoms with Crippen LogP contribution in [0.25, 0.3) is 0 Å². The number of urea groups is 1. The number of nitro groups is 1. The molecule has 0 radical (unpaired) electrons. The Hall–Kier alpha value is -3.30. The molecule has 28 heavy (non-hydrogen) atoms. The summed E-state index contributed by atoms with van der Waals surface area (Å²) in [5.74, 6) is -0.558. The monoisotopic (exact) mass is 393 g/mol. The minimum absolute atomic E-state index is 0.0224. The molecule has 2 amide bonds. The first-order chi connectivity index (χ1) is 13.2. The minimum atomic E-state index is -0.947. The summed E-state index contributed by atoms with van der Waals surface area (Å²) in [6.07, 6.45) is 0.0385. The maximum absolute atomic E-state index is 12.4. The molecular weight excluding hydrogens is 370 g/mol. The van der Waals surface area contributed by atoms with E-state index in [0.29, 0.717) is 17.7 Å². The van der Waals surface area contributed by atoms with Gasteiger partial charge in [-0.15, -0.1) is 0 Å². The molecule has 1 aromatic carbocycles. The van der Waals surface area contributed by atoms with Gasteiger partial charge in [0.15, 0.2) is 5.75 Å². The number of allylic oxidation sites excluding steroid dienone is 1. The van der Waals surface area contributed by atoms with Crippen molar-refractivity contribution < 1.29 is 28.7 Å². The maximum atomic E-state index is 12.4. The quantitative estimate of drug-likeness (QED) is 0.414. The minimum Gasteiger partial charge on any atom is -0.493 e. The molecule has 2 rings (SSSR count). The van der Waals surface area contributed by atoms with E-state index in [4.69, 9.17) is 14.2 Å². The second-order valence-electron chi connectivity index (χ2n) is 6.26. The number of carbonyl (C=O) groups excluding carboxylic acids is 2. The highest BCUT2D eigenvalue weighted by Crippen LogP contribution is 2.42. The number of rotatable bonds is 7. The average Bonchev–Trinajstić information content (AvgIpc) is 2.65. The van der Waals surface area contributed by atoms with E-state index < -0.39 is 23.0 Å². The Kier molecular flexibility index (Phi) is 6.45. The lowest BCUT2D eigenvalue weighted by molar-refractivity contribution is -0.386. The van der Waals surface area contributed by atoms with Crippen LogP contribution in [-0.2, 0) is 9.53 Å². The van der Waals surface area contributed by atoms with Gasteiger partial charge in [0.2, 0.25) is 5.75 Å². The van der Waals surface area contributed by atoms with Crippen LogP contribution in [0.2, 0.25) is 0 Å². The van der Waals surface area contributed by atoms with E-state index in [1.54, 1.807) is 20.8 Å². The van der Waals surface area contributed by atoms with Crippen molar-refractivity contribution in [2.75, 3.05) is 14.2 Å². The van der Waals surface area contributed by atoms with E-state index in [1.807, 2.05) is 0 Å². The Labute approximate surface area is 162 Å². The van der Waals surface area contributed by atoms with E-state index in [1.165, 1.54) is 26.4 Å². The van der Waals surface area contributed by atoms with Crippen molar-refractivity contribution in [3.8, 4) is 11.5 Å². The number of esters is 1. The van der Waals surface area contributed by atoms with Crippen LogP contribution in [0.3, 0.4) is 0 Å². The van der Waals surface area contributed by atoms with Crippen molar-refractivity contribution in [1.29, 1.82) is 0 Å². The summed E-state index contributed by atoms with van der Waals surface area (Å²) in [5.41, 5.74) is 0.502. The molecule has 0 spiro atoms. The SMILES string of the molecule is CCC1=C(C(=O)OC)C(c2cc(OC)c(OC(C)C)c([N+](=O)[O-])c2)NC(=O)N1. The smallest absolute Gasteiger partial charge is 0.337 e. The third-order valence-electron chi connectivity index (χ3n) is 4.07. The van der Waals surface area contributed by atoms with E-state index in [-0.39, 0.29) is 28.9 Å². The van der Waals surface area contributed by atoms with Gasteiger partial charge < -0.3 is 24.8 Å². The highest BCUT2D eigenvalue weighted by molar-refractivity contribution is 5.95. The van der Waals surface area contributed by atoms with Gasteiger partial charge in [-0.3, -0.25) is 10.1 Å². The van der Waals surface area contributed by atoms with Gasteiger partial charge in [0.05, 0.1) is 36.9 Å². The third kappa shape index (κ3) is 4.16. The van der Waals surface area contributed by atoms with E-state index in [9.17, 15) is 19.7 Å². The van der Waals surface area contributed by atoms with Crippen LogP contribution >= 0.6 is 0 Å². The first-order valence-corrected chi connectivity index (χ1v) is 8.65. The highest BCUT2D eigenvalue weighted by atomic mass is 16.6. The van der Waals surface area contributed by atoms with Gasteiger partial charge in [0, 0.05) is 11.8 Å². The molecule has 10 heteroatoms. The van der Waals surface area contributed by atoms with E-state index in [2.05, 4.69) is 10.6 Å². The predicted octanol–water partition coefficient (Wildman–Crippen LogP) is 2.58. The number of hydrogen-bond acceptors (Lipinski definition) is 7. The van der Waals surface area contributed by atoms with Gasteiger partial charge in [0.25, 0.3) is 0 Å². The van der Waals surface area contributed by atoms with Crippen LogP contribution in [0.5, 0.6) is 11.5 Å². The van der Waals surface area contributed by atoms with Gasteiger partial charge in [-0.1, -0.05) is 6.92 Å². The molecule has 0 bridgehead atoms. The molecule has 0 fully saturated rings. The van der Waals surface area contributed by atoms with Crippen LogP contribution in [-0.4, -0.2) is 37.2 Å². The van der Waals surface area contributed by atoms with Crippen molar-refractivity contribution in [3.05, 3.63) is 39.1 Å². The molecule has 10 nitrogen and oxygen atoms in total. The third-order valence-corrected chi connectivity index (χ3v) is 4.07. The van der Waals surface area contributed by atoms with Gasteiger partial charge in [-0.05, 0) is 31.9 Å². The number of nitrogens with one attached hydrogen (secondary N) is 2. The van der Waals surface area contributed by atoms with Crippen molar-refractivity contribution in [3.63, 3.8) is 0 Å². The lowest BCUT2D eigenvalue weighted by Crippen LogP contribution is -2.45. The fourth-order valence-electron chi connectivity index (χ4n) is 2.91. The summed E-state index contributed by atoms with van der Waals surface area (Å²) >= 11 is 0. The Morgan fingerprint density at radius 3 is 2.50 bits per heavy atom. The molecule has 0 saturated carbocycles. The molecule has 1 unspecified atom stereocenters. The molecule has 2 N–H and O–H groups in total. The number of amides is 2. The topological polar surface area (TPSA) is 129 Å². The summed E-state index contributed by atoms with van der Waals surface area (Å²) in [7, 11) is 2.57. The van der Waals surface area contributed by atoms with Crippen molar-refractivity contribution in [2.24, 2.45) is 0 Å². The molecule has 1 aliphatic rings. The molecule has 1 heterocycles. The number of nitro benzene ring substituents is 1. The molecule has 1 aromatic rings. The maximum Gasteiger partial charge on any atom is 0.337 e. The van der Waals surface area contributed by atoms with Crippen molar-refractivity contribution in [2.45, 2.75) is 39.3 Å². The number of hydrogen-bond donors (Lipinski definition) is 2. The zero-order valence-electron chi connectivity index (χ0n) is 16.3. The van der Waals surface area contributed by atoms with E-state index in [0.717, 1.165) is 0 Å². The van der Waals surface area contributed by atoms with Crippen molar-refractivity contribution in [1.82, 2.24) is 10.6 Å². The lowest BCUT2D eigenvalue weighted by Gasteiger charge is -2.29. The average molecular weight is 393 g/mol. The van der Waals surface area contributed by atoms with Gasteiger partial charge >= 0.3 is 17.7 Å². The van der Waals surface area contributed by atoms with Crippen LogP contribution in [0.1, 0.15) is 38.8 Å². The summed E-state index contributed by atoms with van der Waals surface area (Å²) in [6.45, 7) is 5.23. The first-order valence-electron chi connectivity index (χ1n) is 8.65. The number of ether oxygens (including phenoxy) is 3. The second-order valence-corrected chi connectivity index (χ2v) is 6.26. The molecule has 152 valence electrons. The Morgan fingerprint density at radius 2 is 2.00 bits per heavy atom. The molecule has 0 aliphatic carbocycles. The van der Waals surface area contributed by atoms with Gasteiger partial charge in [-0.25, -0.2) is 9.59 Å². The van der Waals surface area contributed by atoms with Crippen molar-refractivity contribution >= 4 is 17.7 Å². The predicted molar refractivity (Wildman–Crippen MR) is 99.2 cm³/mol. The number of nitrogens with zero attached hydrogens (tertiary/aromatic N) is 1. The normalized spacial score (nSPS) is 16.4.